The van der Waals surface area contributed by atoms with Crippen LogP contribution in [0.1, 0.15) is 24.0 Å². The van der Waals surface area contributed by atoms with Gasteiger partial charge in [0, 0.05) is 13.6 Å². The second-order valence-electron chi connectivity index (χ2n) is 5.31. The first-order valence-corrected chi connectivity index (χ1v) is 6.65. The molecule has 1 N–H and O–H groups in total. The second kappa shape index (κ2) is 7.51. The fourth-order valence-corrected chi connectivity index (χ4v) is 1.90. The van der Waals surface area contributed by atoms with Crippen LogP contribution in [-0.2, 0) is 11.3 Å². The van der Waals surface area contributed by atoms with E-state index in [1.54, 1.807) is 4.90 Å². The van der Waals surface area contributed by atoms with Crippen molar-refractivity contribution >= 4 is 18.3 Å². The number of likely N-dealkylation sites (N-methyl/N-ethyl adjacent to an activating group) is 1. The lowest BCUT2D eigenvalue weighted by Crippen LogP contribution is -2.35. The van der Waals surface area contributed by atoms with Gasteiger partial charge >= 0.3 is 0 Å². The van der Waals surface area contributed by atoms with Crippen LogP contribution >= 0.6 is 12.4 Å². The van der Waals surface area contributed by atoms with Crippen LogP contribution in [0.4, 0.5) is 0 Å². The predicted octanol–water partition coefficient (Wildman–Crippen LogP) is 2.37. The third-order valence-corrected chi connectivity index (χ3v) is 3.37. The van der Waals surface area contributed by atoms with Crippen LogP contribution in [0.15, 0.2) is 24.3 Å². The van der Waals surface area contributed by atoms with Crippen LogP contribution in [0.3, 0.4) is 0 Å². The zero-order valence-electron chi connectivity index (χ0n) is 11.7. The van der Waals surface area contributed by atoms with E-state index in [9.17, 15) is 4.79 Å². The molecule has 19 heavy (non-hydrogen) atoms. The van der Waals surface area contributed by atoms with Crippen molar-refractivity contribution in [2.24, 2.45) is 5.92 Å². The summed E-state index contributed by atoms with van der Waals surface area (Å²) in [6.07, 6.45) is 2.64. The average Bonchev–Trinajstić information content (AvgIpc) is 3.16. The van der Waals surface area contributed by atoms with Gasteiger partial charge in [0.2, 0.25) is 5.91 Å². The lowest BCUT2D eigenvalue weighted by Gasteiger charge is -2.17. The molecule has 0 radical (unpaired) electrons. The van der Waals surface area contributed by atoms with E-state index < -0.39 is 0 Å². The molecule has 1 aromatic rings. The van der Waals surface area contributed by atoms with Crippen LogP contribution in [0.25, 0.3) is 0 Å². The van der Waals surface area contributed by atoms with Gasteiger partial charge in [0.15, 0.2) is 0 Å². The quantitative estimate of drug-likeness (QED) is 0.869. The summed E-state index contributed by atoms with van der Waals surface area (Å²) in [5.41, 5.74) is 2.43. The Morgan fingerprint density at radius 2 is 1.95 bits per heavy atom. The topological polar surface area (TPSA) is 32.3 Å². The summed E-state index contributed by atoms with van der Waals surface area (Å²) in [7, 11) is 1.86. The monoisotopic (exact) mass is 282 g/mol. The van der Waals surface area contributed by atoms with Crippen molar-refractivity contribution in [1.29, 1.82) is 0 Å². The maximum atomic E-state index is 11.9. The molecule has 3 nitrogen and oxygen atoms in total. The average molecular weight is 283 g/mol. The minimum absolute atomic E-state index is 0. The normalized spacial score (nSPS) is 13.8. The molecule has 4 heteroatoms. The summed E-state index contributed by atoms with van der Waals surface area (Å²) < 4.78 is 0. The molecule has 0 spiro atoms. The lowest BCUT2D eigenvalue weighted by atomic mass is 10.1. The molecular weight excluding hydrogens is 260 g/mol. The maximum absolute atomic E-state index is 11.9. The SMILES string of the molecule is Cc1ccc(CN(C)C(=O)CNCC2CC2)cc1.Cl. The number of benzene rings is 1. The molecule has 0 atom stereocenters. The summed E-state index contributed by atoms with van der Waals surface area (Å²) in [4.78, 5) is 13.7. The van der Waals surface area contributed by atoms with Gasteiger partial charge in [0.25, 0.3) is 0 Å². The molecule has 0 bridgehead atoms. The smallest absolute Gasteiger partial charge is 0.236 e. The van der Waals surface area contributed by atoms with Crippen molar-refractivity contribution in [3.05, 3.63) is 35.4 Å². The number of halogens is 1. The minimum atomic E-state index is 0. The molecule has 1 aromatic carbocycles. The Balaban J connectivity index is 0.00000180. The first-order chi connectivity index (χ1) is 8.65. The lowest BCUT2D eigenvalue weighted by molar-refractivity contribution is -0.129. The van der Waals surface area contributed by atoms with Crippen LogP contribution in [-0.4, -0.2) is 30.9 Å². The molecule has 0 heterocycles. The highest BCUT2D eigenvalue weighted by atomic mass is 35.5. The Hall–Kier alpha value is -1.06. The van der Waals surface area contributed by atoms with Crippen LogP contribution in [0.2, 0.25) is 0 Å². The van der Waals surface area contributed by atoms with Gasteiger partial charge in [-0.05, 0) is 37.8 Å². The fraction of sp³-hybridized carbons (Fsp3) is 0.533. The summed E-state index contributed by atoms with van der Waals surface area (Å²) in [5, 5.41) is 3.23. The number of rotatable bonds is 6. The molecule has 106 valence electrons. The van der Waals surface area contributed by atoms with Gasteiger partial charge in [0.05, 0.1) is 6.54 Å². The molecule has 0 saturated heterocycles. The van der Waals surface area contributed by atoms with E-state index in [-0.39, 0.29) is 18.3 Å². The second-order valence-corrected chi connectivity index (χ2v) is 5.31. The third-order valence-electron chi connectivity index (χ3n) is 3.37. The molecule has 1 amide bonds. The van der Waals surface area contributed by atoms with E-state index in [1.807, 2.05) is 7.05 Å². The van der Waals surface area contributed by atoms with E-state index in [0.717, 1.165) is 12.5 Å². The molecule has 0 aliphatic heterocycles. The predicted molar refractivity (Wildman–Crippen MR) is 80.5 cm³/mol. The summed E-state index contributed by atoms with van der Waals surface area (Å²) in [6, 6.07) is 8.32. The number of nitrogens with one attached hydrogen (secondary N) is 1. The summed E-state index contributed by atoms with van der Waals surface area (Å²) >= 11 is 0. The van der Waals surface area contributed by atoms with Gasteiger partial charge in [-0.1, -0.05) is 29.8 Å². The van der Waals surface area contributed by atoms with Gasteiger partial charge in [-0.25, -0.2) is 0 Å². The standard InChI is InChI=1S/C15H22N2O.ClH/c1-12-3-5-14(6-4-12)11-17(2)15(18)10-16-9-13-7-8-13;/h3-6,13,16H,7-11H2,1-2H3;1H. The molecule has 1 aliphatic rings. The van der Waals surface area contributed by atoms with Crippen molar-refractivity contribution < 1.29 is 4.79 Å². The largest absolute Gasteiger partial charge is 0.340 e. The van der Waals surface area contributed by atoms with E-state index in [2.05, 4.69) is 36.5 Å². The molecule has 1 saturated carbocycles. The van der Waals surface area contributed by atoms with Crippen molar-refractivity contribution in [2.45, 2.75) is 26.3 Å². The van der Waals surface area contributed by atoms with Crippen LogP contribution in [0.5, 0.6) is 0 Å². The minimum Gasteiger partial charge on any atom is -0.340 e. The highest BCUT2D eigenvalue weighted by molar-refractivity contribution is 5.85. The molecule has 0 unspecified atom stereocenters. The molecule has 2 rings (SSSR count). The number of aryl methyl sites for hydroxylation is 1. The Kier molecular flexibility index (Phi) is 6.32. The Labute approximate surface area is 121 Å². The zero-order chi connectivity index (χ0) is 13.0. The highest BCUT2D eigenvalue weighted by Gasteiger charge is 2.20. The Bertz CT molecular complexity index is 401. The fourth-order valence-electron chi connectivity index (χ4n) is 1.90. The van der Waals surface area contributed by atoms with E-state index >= 15 is 0 Å². The molecule has 0 aromatic heterocycles. The number of amides is 1. The summed E-state index contributed by atoms with van der Waals surface area (Å²) in [6.45, 7) is 4.20. The number of hydrogen-bond donors (Lipinski definition) is 1. The number of nitrogens with zero attached hydrogens (tertiary/aromatic N) is 1. The zero-order valence-corrected chi connectivity index (χ0v) is 12.5. The van der Waals surface area contributed by atoms with Gasteiger partial charge in [-0.3, -0.25) is 4.79 Å². The van der Waals surface area contributed by atoms with Crippen molar-refractivity contribution in [2.75, 3.05) is 20.1 Å². The van der Waals surface area contributed by atoms with Crippen molar-refractivity contribution in [1.82, 2.24) is 10.2 Å². The first-order valence-electron chi connectivity index (χ1n) is 6.65. The Morgan fingerprint density at radius 3 is 2.53 bits per heavy atom. The highest BCUT2D eigenvalue weighted by Crippen LogP contribution is 2.27. The van der Waals surface area contributed by atoms with E-state index in [1.165, 1.54) is 24.0 Å². The van der Waals surface area contributed by atoms with Gasteiger partial charge in [0.1, 0.15) is 0 Å². The molecule has 1 aliphatic carbocycles. The van der Waals surface area contributed by atoms with Gasteiger partial charge in [-0.2, -0.15) is 0 Å². The molecular formula is C15H23ClN2O. The maximum Gasteiger partial charge on any atom is 0.236 e. The first kappa shape index (κ1) is 16.0. The number of carbonyl (C=O) groups excluding carboxylic acids is 1. The molecule has 1 fully saturated rings. The van der Waals surface area contributed by atoms with Gasteiger partial charge in [-0.15, -0.1) is 12.4 Å². The van der Waals surface area contributed by atoms with E-state index in [0.29, 0.717) is 13.1 Å². The number of hydrogen-bond acceptors (Lipinski definition) is 2. The van der Waals surface area contributed by atoms with Crippen molar-refractivity contribution in [3.63, 3.8) is 0 Å². The van der Waals surface area contributed by atoms with Crippen molar-refractivity contribution in [3.8, 4) is 0 Å². The Morgan fingerprint density at radius 1 is 1.32 bits per heavy atom. The van der Waals surface area contributed by atoms with Crippen LogP contribution < -0.4 is 5.32 Å². The number of carbonyl (C=O) groups is 1. The third kappa shape index (κ3) is 5.62. The van der Waals surface area contributed by atoms with E-state index in [4.69, 9.17) is 0 Å². The summed E-state index contributed by atoms with van der Waals surface area (Å²) in [5.74, 6) is 0.983. The van der Waals surface area contributed by atoms with Crippen LogP contribution in [0, 0.1) is 12.8 Å². The van der Waals surface area contributed by atoms with Gasteiger partial charge < -0.3 is 10.2 Å².